The highest BCUT2D eigenvalue weighted by Crippen LogP contribution is 2.50. The molecule has 1 aliphatic carbocycles. The van der Waals surface area contributed by atoms with E-state index < -0.39 is 11.4 Å². The number of carbonyl (C=O) groups excluding carboxylic acids is 1. The Bertz CT molecular complexity index is 552. The van der Waals surface area contributed by atoms with Crippen LogP contribution in [-0.2, 0) is 10.3 Å². The van der Waals surface area contributed by atoms with Crippen LogP contribution in [0.4, 0.5) is 4.39 Å². The summed E-state index contributed by atoms with van der Waals surface area (Å²) in [6.07, 6.45) is 2.82. The minimum absolute atomic E-state index is 0.0814. The van der Waals surface area contributed by atoms with Gasteiger partial charge in [0, 0.05) is 0 Å². The fourth-order valence-electron chi connectivity index (χ4n) is 1.82. The topological polar surface area (TPSA) is 62.4 Å². The number of isocyanates is 1. The molecule has 4 nitrogen and oxygen atoms in total. The molecule has 0 aliphatic heterocycles. The Morgan fingerprint density at radius 3 is 2.71 bits per heavy atom. The van der Waals surface area contributed by atoms with Crippen molar-refractivity contribution < 1.29 is 13.9 Å². The summed E-state index contributed by atoms with van der Waals surface area (Å²) >= 11 is 0. The second-order valence-corrected chi connectivity index (χ2v) is 3.89. The van der Waals surface area contributed by atoms with E-state index in [0.717, 1.165) is 0 Å². The van der Waals surface area contributed by atoms with E-state index in [1.165, 1.54) is 25.3 Å². The van der Waals surface area contributed by atoms with Crippen molar-refractivity contribution >= 4 is 6.08 Å². The van der Waals surface area contributed by atoms with Crippen molar-refractivity contribution in [2.24, 2.45) is 4.99 Å². The monoisotopic (exact) mass is 232 g/mol. The van der Waals surface area contributed by atoms with Crippen LogP contribution in [0.1, 0.15) is 24.0 Å². The van der Waals surface area contributed by atoms with Gasteiger partial charge in [-0.2, -0.15) is 10.3 Å². The van der Waals surface area contributed by atoms with Gasteiger partial charge in [0.2, 0.25) is 6.08 Å². The first-order valence-corrected chi connectivity index (χ1v) is 5.04. The lowest BCUT2D eigenvalue weighted by Gasteiger charge is -2.11. The molecule has 1 saturated carbocycles. The van der Waals surface area contributed by atoms with Crippen LogP contribution in [0.15, 0.2) is 17.1 Å². The summed E-state index contributed by atoms with van der Waals surface area (Å²) in [5.74, 6) is -0.698. The minimum Gasteiger partial charge on any atom is -0.492 e. The smallest absolute Gasteiger partial charge is 0.235 e. The van der Waals surface area contributed by atoms with Gasteiger partial charge in [0.15, 0.2) is 11.6 Å². The number of benzene rings is 1. The van der Waals surface area contributed by atoms with Gasteiger partial charge in [-0.3, -0.25) is 0 Å². The zero-order valence-electron chi connectivity index (χ0n) is 9.16. The zero-order valence-corrected chi connectivity index (χ0v) is 9.16. The van der Waals surface area contributed by atoms with E-state index in [1.54, 1.807) is 0 Å². The number of aliphatic imine (C=N–C) groups is 1. The highest BCUT2D eigenvalue weighted by Gasteiger charge is 2.45. The van der Waals surface area contributed by atoms with Gasteiger partial charge in [0.05, 0.1) is 18.2 Å². The molecule has 0 heterocycles. The number of rotatable bonds is 3. The van der Waals surface area contributed by atoms with Crippen LogP contribution in [0.3, 0.4) is 0 Å². The Morgan fingerprint density at radius 1 is 1.53 bits per heavy atom. The lowest BCUT2D eigenvalue weighted by atomic mass is 10.0. The van der Waals surface area contributed by atoms with Crippen LogP contribution in [0.5, 0.6) is 5.75 Å². The number of methoxy groups -OCH3 is 1. The van der Waals surface area contributed by atoms with E-state index in [9.17, 15) is 9.18 Å². The van der Waals surface area contributed by atoms with Crippen LogP contribution in [0.25, 0.3) is 0 Å². The molecule has 0 atom stereocenters. The van der Waals surface area contributed by atoms with Gasteiger partial charge in [-0.1, -0.05) is 0 Å². The van der Waals surface area contributed by atoms with Gasteiger partial charge >= 0.3 is 0 Å². The average Bonchev–Trinajstić information content (AvgIpc) is 3.09. The summed E-state index contributed by atoms with van der Waals surface area (Å²) < 4.78 is 18.5. The highest BCUT2D eigenvalue weighted by molar-refractivity contribution is 5.50. The maximum atomic E-state index is 13.7. The van der Waals surface area contributed by atoms with Crippen molar-refractivity contribution in [3.8, 4) is 11.8 Å². The fraction of sp³-hybridized carbons (Fsp3) is 0.333. The predicted molar refractivity (Wildman–Crippen MR) is 56.7 cm³/mol. The molecule has 1 aromatic rings. The summed E-state index contributed by atoms with van der Waals surface area (Å²) in [6, 6.07) is 4.63. The van der Waals surface area contributed by atoms with E-state index in [2.05, 4.69) is 4.99 Å². The quantitative estimate of drug-likeness (QED) is 0.591. The van der Waals surface area contributed by atoms with Crippen molar-refractivity contribution in [2.45, 2.75) is 18.4 Å². The number of nitriles is 1. The summed E-state index contributed by atoms with van der Waals surface area (Å²) in [5.41, 5.74) is -0.0499. The Morgan fingerprint density at radius 2 is 2.24 bits per heavy atom. The van der Waals surface area contributed by atoms with E-state index in [0.29, 0.717) is 18.4 Å². The van der Waals surface area contributed by atoms with Crippen molar-refractivity contribution in [1.29, 1.82) is 5.26 Å². The first-order valence-electron chi connectivity index (χ1n) is 5.04. The van der Waals surface area contributed by atoms with Crippen LogP contribution < -0.4 is 4.74 Å². The normalized spacial score (nSPS) is 15.6. The van der Waals surface area contributed by atoms with E-state index in [1.807, 2.05) is 6.07 Å². The summed E-state index contributed by atoms with van der Waals surface area (Å²) in [4.78, 5) is 14.0. The third-order valence-corrected chi connectivity index (χ3v) is 2.89. The largest absolute Gasteiger partial charge is 0.492 e. The molecule has 5 heteroatoms. The third kappa shape index (κ3) is 1.79. The molecule has 0 radical (unpaired) electrons. The Hall–Kier alpha value is -2.18. The molecule has 0 bridgehead atoms. The van der Waals surface area contributed by atoms with Gasteiger partial charge in [-0.05, 0) is 30.5 Å². The molecule has 0 aromatic heterocycles. The fourth-order valence-corrected chi connectivity index (χ4v) is 1.82. The number of hydrogen-bond donors (Lipinski definition) is 0. The Balaban J connectivity index is 2.56. The predicted octanol–water partition coefficient (Wildman–Crippen LogP) is 2.03. The van der Waals surface area contributed by atoms with Crippen molar-refractivity contribution in [3.63, 3.8) is 0 Å². The lowest BCUT2D eigenvalue weighted by molar-refractivity contribution is 0.384. The molecule has 0 unspecified atom stereocenters. The standard InChI is InChI=1S/C12H9FN2O2/c1-17-11-8(6-14)4-9(5-10(11)13)12(2-3-12)15-7-16/h4-5H,2-3H2,1H3. The van der Waals surface area contributed by atoms with Crippen molar-refractivity contribution in [3.05, 3.63) is 29.1 Å². The van der Waals surface area contributed by atoms with Gasteiger partial charge in [0.25, 0.3) is 0 Å². The second-order valence-electron chi connectivity index (χ2n) is 3.89. The van der Waals surface area contributed by atoms with Crippen LogP contribution in [0, 0.1) is 17.1 Å². The molecule has 2 rings (SSSR count). The minimum atomic E-state index is -0.680. The number of ether oxygens (including phenoxy) is 1. The number of hydrogen-bond acceptors (Lipinski definition) is 4. The van der Waals surface area contributed by atoms with Crippen LogP contribution in [-0.4, -0.2) is 13.2 Å². The summed E-state index contributed by atoms with van der Waals surface area (Å²) in [7, 11) is 1.30. The van der Waals surface area contributed by atoms with E-state index in [4.69, 9.17) is 10.00 Å². The molecule has 17 heavy (non-hydrogen) atoms. The molecule has 1 aromatic carbocycles. The molecule has 0 saturated heterocycles. The first-order chi connectivity index (χ1) is 8.16. The van der Waals surface area contributed by atoms with Crippen LogP contribution >= 0.6 is 0 Å². The Labute approximate surface area is 97.3 Å². The maximum Gasteiger partial charge on any atom is 0.235 e. The Kier molecular flexibility index (Phi) is 2.66. The summed E-state index contributed by atoms with van der Waals surface area (Å²) in [6.45, 7) is 0. The molecular weight excluding hydrogens is 223 g/mol. The van der Waals surface area contributed by atoms with Gasteiger partial charge in [-0.25, -0.2) is 9.18 Å². The molecule has 86 valence electrons. The van der Waals surface area contributed by atoms with Crippen molar-refractivity contribution in [1.82, 2.24) is 0 Å². The lowest BCUT2D eigenvalue weighted by Crippen LogP contribution is -2.05. The van der Waals surface area contributed by atoms with Gasteiger partial charge in [-0.15, -0.1) is 0 Å². The number of halogens is 1. The molecular formula is C12H9FN2O2. The van der Waals surface area contributed by atoms with Crippen molar-refractivity contribution in [2.75, 3.05) is 7.11 Å². The molecule has 0 spiro atoms. The zero-order chi connectivity index (χ0) is 12.5. The highest BCUT2D eigenvalue weighted by atomic mass is 19.1. The van der Waals surface area contributed by atoms with E-state index >= 15 is 0 Å². The molecule has 0 N–H and O–H groups in total. The first kappa shape index (κ1) is 11.3. The van der Waals surface area contributed by atoms with E-state index in [-0.39, 0.29) is 11.3 Å². The number of nitrogens with zero attached hydrogens (tertiary/aromatic N) is 2. The van der Waals surface area contributed by atoms with Gasteiger partial charge < -0.3 is 4.74 Å². The van der Waals surface area contributed by atoms with Crippen LogP contribution in [0.2, 0.25) is 0 Å². The molecule has 1 aliphatic rings. The maximum absolute atomic E-state index is 13.7. The summed E-state index contributed by atoms with van der Waals surface area (Å²) in [5, 5.41) is 8.91. The molecule has 0 amide bonds. The average molecular weight is 232 g/mol. The second kappa shape index (κ2) is 4.00. The molecule has 1 fully saturated rings. The van der Waals surface area contributed by atoms with Gasteiger partial charge in [0.1, 0.15) is 6.07 Å². The SMILES string of the molecule is COc1c(F)cc(C2(N=C=O)CC2)cc1C#N. The third-order valence-electron chi connectivity index (χ3n) is 2.89.